The van der Waals surface area contributed by atoms with E-state index in [1.165, 1.54) is 0 Å². The maximum absolute atomic E-state index is 11.4. The van der Waals surface area contributed by atoms with Crippen molar-refractivity contribution in [2.24, 2.45) is 0 Å². The van der Waals surface area contributed by atoms with E-state index >= 15 is 0 Å². The number of rotatable bonds is 2. The summed E-state index contributed by atoms with van der Waals surface area (Å²) in [6, 6.07) is 0. The monoisotopic (exact) mass is 224 g/mol. The van der Waals surface area contributed by atoms with E-state index in [1.807, 2.05) is 11.2 Å². The Morgan fingerprint density at radius 3 is 2.31 bits per heavy atom. The SMILES string of the molecule is CSCC(=O)N1CCN(C)CC1.Cl. The Hall–Kier alpha value is 0.0700. The van der Waals surface area contributed by atoms with E-state index in [9.17, 15) is 4.79 Å². The highest BCUT2D eigenvalue weighted by molar-refractivity contribution is 7.99. The van der Waals surface area contributed by atoms with Crippen LogP contribution in [-0.2, 0) is 4.79 Å². The minimum atomic E-state index is 0. The number of amides is 1. The van der Waals surface area contributed by atoms with Crippen LogP contribution >= 0.6 is 24.2 Å². The van der Waals surface area contributed by atoms with Crippen LogP contribution in [0.4, 0.5) is 0 Å². The number of halogens is 1. The number of carbonyl (C=O) groups excluding carboxylic acids is 1. The summed E-state index contributed by atoms with van der Waals surface area (Å²) in [4.78, 5) is 15.6. The first kappa shape index (κ1) is 13.1. The largest absolute Gasteiger partial charge is 0.339 e. The number of piperazine rings is 1. The van der Waals surface area contributed by atoms with E-state index in [4.69, 9.17) is 0 Å². The molecule has 0 aliphatic carbocycles. The minimum absolute atomic E-state index is 0. The Labute approximate surface area is 90.2 Å². The normalized spacial score (nSPS) is 18.2. The molecule has 0 saturated carbocycles. The van der Waals surface area contributed by atoms with Crippen LogP contribution in [-0.4, -0.2) is 60.9 Å². The maximum atomic E-state index is 11.4. The third-order valence-electron chi connectivity index (χ3n) is 2.12. The van der Waals surface area contributed by atoms with E-state index in [1.54, 1.807) is 11.8 Å². The molecule has 1 saturated heterocycles. The van der Waals surface area contributed by atoms with E-state index < -0.39 is 0 Å². The molecule has 78 valence electrons. The van der Waals surface area contributed by atoms with Crippen molar-refractivity contribution in [2.75, 3.05) is 45.2 Å². The molecule has 1 aliphatic rings. The van der Waals surface area contributed by atoms with Crippen molar-refractivity contribution in [3.8, 4) is 0 Å². The Kier molecular flexibility index (Phi) is 6.55. The van der Waals surface area contributed by atoms with Crippen molar-refractivity contribution in [3.63, 3.8) is 0 Å². The zero-order valence-corrected chi connectivity index (χ0v) is 9.79. The second kappa shape index (κ2) is 6.51. The van der Waals surface area contributed by atoms with Gasteiger partial charge in [0.2, 0.25) is 5.91 Å². The summed E-state index contributed by atoms with van der Waals surface area (Å²) < 4.78 is 0. The number of likely N-dealkylation sites (N-methyl/N-ethyl adjacent to an activating group) is 1. The minimum Gasteiger partial charge on any atom is -0.339 e. The third-order valence-corrected chi connectivity index (χ3v) is 2.66. The van der Waals surface area contributed by atoms with Gasteiger partial charge in [0.05, 0.1) is 5.75 Å². The van der Waals surface area contributed by atoms with E-state index in [2.05, 4.69) is 11.9 Å². The smallest absolute Gasteiger partial charge is 0.232 e. The quantitative estimate of drug-likeness (QED) is 0.685. The first-order valence-electron chi connectivity index (χ1n) is 4.19. The summed E-state index contributed by atoms with van der Waals surface area (Å²) in [6.07, 6.45) is 1.97. The van der Waals surface area contributed by atoms with Gasteiger partial charge < -0.3 is 9.80 Å². The first-order chi connectivity index (χ1) is 5.74. The molecule has 0 aromatic rings. The van der Waals surface area contributed by atoms with Gasteiger partial charge in [-0.25, -0.2) is 0 Å². The number of carbonyl (C=O) groups is 1. The molecule has 0 aromatic carbocycles. The van der Waals surface area contributed by atoms with Gasteiger partial charge >= 0.3 is 0 Å². The molecule has 1 amide bonds. The van der Waals surface area contributed by atoms with Gasteiger partial charge in [-0.3, -0.25) is 4.79 Å². The van der Waals surface area contributed by atoms with Crippen molar-refractivity contribution >= 4 is 30.1 Å². The molecule has 0 spiro atoms. The van der Waals surface area contributed by atoms with Crippen LogP contribution in [0.1, 0.15) is 0 Å². The molecule has 3 nitrogen and oxygen atoms in total. The molecule has 1 fully saturated rings. The van der Waals surface area contributed by atoms with Gasteiger partial charge in [0.1, 0.15) is 0 Å². The Morgan fingerprint density at radius 1 is 1.31 bits per heavy atom. The Morgan fingerprint density at radius 2 is 1.85 bits per heavy atom. The first-order valence-corrected chi connectivity index (χ1v) is 5.58. The lowest BCUT2D eigenvalue weighted by Gasteiger charge is -2.32. The fourth-order valence-corrected chi connectivity index (χ4v) is 1.70. The molecule has 1 heterocycles. The lowest BCUT2D eigenvalue weighted by atomic mass is 10.3. The Bertz CT molecular complexity index is 160. The van der Waals surface area contributed by atoms with Crippen LogP contribution in [0.5, 0.6) is 0 Å². The van der Waals surface area contributed by atoms with Crippen molar-refractivity contribution in [1.29, 1.82) is 0 Å². The second-order valence-electron chi connectivity index (χ2n) is 3.12. The highest BCUT2D eigenvalue weighted by Gasteiger charge is 2.17. The summed E-state index contributed by atoms with van der Waals surface area (Å²) in [5.41, 5.74) is 0. The fourth-order valence-electron chi connectivity index (χ4n) is 1.27. The van der Waals surface area contributed by atoms with E-state index in [-0.39, 0.29) is 18.3 Å². The molecule has 1 rings (SSSR count). The standard InChI is InChI=1S/C8H16N2OS.ClH/c1-9-3-5-10(6-4-9)8(11)7-12-2;/h3-7H2,1-2H3;1H. The zero-order chi connectivity index (χ0) is 8.97. The van der Waals surface area contributed by atoms with Gasteiger partial charge in [-0.15, -0.1) is 12.4 Å². The average Bonchev–Trinajstić information content (AvgIpc) is 2.06. The highest BCUT2D eigenvalue weighted by Crippen LogP contribution is 2.02. The van der Waals surface area contributed by atoms with Crippen LogP contribution < -0.4 is 0 Å². The molecule has 5 heteroatoms. The third kappa shape index (κ3) is 4.20. The number of thioether (sulfide) groups is 1. The lowest BCUT2D eigenvalue weighted by molar-refractivity contribution is -0.129. The summed E-state index contributed by atoms with van der Waals surface area (Å²) in [5.74, 6) is 0.916. The van der Waals surface area contributed by atoms with Crippen molar-refractivity contribution < 1.29 is 4.79 Å². The summed E-state index contributed by atoms with van der Waals surface area (Å²) >= 11 is 1.60. The number of hydrogen-bond acceptors (Lipinski definition) is 3. The molecule has 0 atom stereocenters. The zero-order valence-electron chi connectivity index (χ0n) is 8.15. The molecular formula is C8H17ClN2OS. The van der Waals surface area contributed by atoms with Crippen molar-refractivity contribution in [2.45, 2.75) is 0 Å². The molecule has 1 aliphatic heterocycles. The Balaban J connectivity index is 0.00000144. The summed E-state index contributed by atoms with van der Waals surface area (Å²) in [6.45, 7) is 3.83. The molecule has 0 bridgehead atoms. The predicted octanol–water partition coefficient (Wildman–Crippen LogP) is 0.545. The molecular weight excluding hydrogens is 208 g/mol. The number of nitrogens with zero attached hydrogens (tertiary/aromatic N) is 2. The van der Waals surface area contributed by atoms with Crippen LogP contribution in [0.15, 0.2) is 0 Å². The molecule has 0 radical (unpaired) electrons. The molecule has 13 heavy (non-hydrogen) atoms. The fraction of sp³-hybridized carbons (Fsp3) is 0.875. The van der Waals surface area contributed by atoms with Gasteiger partial charge in [0, 0.05) is 26.2 Å². The van der Waals surface area contributed by atoms with Crippen LogP contribution in [0.2, 0.25) is 0 Å². The highest BCUT2D eigenvalue weighted by atomic mass is 35.5. The predicted molar refractivity (Wildman–Crippen MR) is 59.7 cm³/mol. The van der Waals surface area contributed by atoms with Crippen molar-refractivity contribution in [1.82, 2.24) is 9.80 Å². The van der Waals surface area contributed by atoms with Gasteiger partial charge in [0.25, 0.3) is 0 Å². The van der Waals surface area contributed by atoms with Gasteiger partial charge in [-0.2, -0.15) is 11.8 Å². The molecule has 0 unspecified atom stereocenters. The molecule has 0 aromatic heterocycles. The molecule has 0 N–H and O–H groups in total. The van der Waals surface area contributed by atoms with Crippen LogP contribution in [0.25, 0.3) is 0 Å². The van der Waals surface area contributed by atoms with Crippen LogP contribution in [0, 0.1) is 0 Å². The van der Waals surface area contributed by atoms with Crippen molar-refractivity contribution in [3.05, 3.63) is 0 Å². The van der Waals surface area contributed by atoms with Gasteiger partial charge in [-0.05, 0) is 13.3 Å². The van der Waals surface area contributed by atoms with Gasteiger partial charge in [0.15, 0.2) is 0 Å². The van der Waals surface area contributed by atoms with E-state index in [0.29, 0.717) is 5.75 Å². The van der Waals surface area contributed by atoms with Gasteiger partial charge in [-0.1, -0.05) is 0 Å². The lowest BCUT2D eigenvalue weighted by Crippen LogP contribution is -2.47. The average molecular weight is 225 g/mol. The van der Waals surface area contributed by atoms with Crippen LogP contribution in [0.3, 0.4) is 0 Å². The maximum Gasteiger partial charge on any atom is 0.232 e. The summed E-state index contributed by atoms with van der Waals surface area (Å²) in [7, 11) is 2.09. The summed E-state index contributed by atoms with van der Waals surface area (Å²) in [5, 5.41) is 0. The topological polar surface area (TPSA) is 23.6 Å². The number of hydrogen-bond donors (Lipinski definition) is 0. The van der Waals surface area contributed by atoms with E-state index in [0.717, 1.165) is 26.2 Å². The second-order valence-corrected chi connectivity index (χ2v) is 3.98.